The molecule has 0 aliphatic rings. The van der Waals surface area contributed by atoms with Crippen molar-refractivity contribution in [2.45, 2.75) is 64.8 Å². The Morgan fingerprint density at radius 1 is 1.00 bits per heavy atom. The average Bonchev–Trinajstić information content (AvgIpc) is 3.22. The molecular weight excluding hydrogens is 557 g/mol. The highest BCUT2D eigenvalue weighted by Gasteiger charge is 2.48. The average molecular weight is 595 g/mol. The lowest BCUT2D eigenvalue weighted by atomic mass is 10.0. The first-order valence-corrected chi connectivity index (χ1v) is 14.3. The molecule has 0 saturated heterocycles. The first-order chi connectivity index (χ1) is 20.4. The molecule has 4 aromatic rings. The van der Waals surface area contributed by atoms with Gasteiger partial charge in [-0.15, -0.1) is 0 Å². The molecule has 4 rings (SSSR count). The van der Waals surface area contributed by atoms with E-state index in [1.165, 1.54) is 17.7 Å². The minimum absolute atomic E-state index is 0.0907. The fraction of sp³-hybridized carbons (Fsp3) is 0.353. The van der Waals surface area contributed by atoms with Crippen molar-refractivity contribution in [1.29, 1.82) is 0 Å². The monoisotopic (exact) mass is 594 g/mol. The van der Waals surface area contributed by atoms with Gasteiger partial charge in [0.05, 0.1) is 13.2 Å². The van der Waals surface area contributed by atoms with Crippen LogP contribution in [0.3, 0.4) is 0 Å². The predicted molar refractivity (Wildman–Crippen MR) is 160 cm³/mol. The Hall–Kier alpha value is -4.27. The van der Waals surface area contributed by atoms with Crippen LogP contribution in [0.4, 0.5) is 13.2 Å². The van der Waals surface area contributed by atoms with Gasteiger partial charge in [0.1, 0.15) is 5.75 Å². The SMILES string of the molecule is CCCCc1cccc([C@H](C)NC(=O)c2ccc3c(Cc4cccc(OC(C(=O)OC)C(F)(F)F)c4)c(C)n(C)c3c2)c1. The molecule has 2 atom stereocenters. The van der Waals surface area contributed by atoms with E-state index in [1.807, 2.05) is 49.7 Å². The zero-order valence-corrected chi connectivity index (χ0v) is 25.0. The molecule has 0 aliphatic carbocycles. The molecule has 0 spiro atoms. The van der Waals surface area contributed by atoms with E-state index in [4.69, 9.17) is 4.74 Å². The van der Waals surface area contributed by atoms with Gasteiger partial charge >= 0.3 is 12.1 Å². The van der Waals surface area contributed by atoms with Crippen LogP contribution in [0.15, 0.2) is 66.7 Å². The van der Waals surface area contributed by atoms with E-state index < -0.39 is 18.2 Å². The number of halogens is 3. The van der Waals surface area contributed by atoms with Crippen molar-refractivity contribution in [1.82, 2.24) is 9.88 Å². The zero-order chi connectivity index (χ0) is 31.3. The number of fused-ring (bicyclic) bond motifs is 1. The largest absolute Gasteiger partial charge is 0.469 e. The van der Waals surface area contributed by atoms with Crippen LogP contribution < -0.4 is 10.1 Å². The fourth-order valence-electron chi connectivity index (χ4n) is 5.19. The van der Waals surface area contributed by atoms with Crippen LogP contribution >= 0.6 is 0 Å². The maximum Gasteiger partial charge on any atom is 0.436 e. The number of unbranched alkanes of at least 4 members (excludes halogenated alkanes) is 1. The van der Waals surface area contributed by atoms with Gasteiger partial charge in [-0.3, -0.25) is 4.79 Å². The molecule has 6 nitrogen and oxygen atoms in total. The number of amides is 1. The van der Waals surface area contributed by atoms with Crippen LogP contribution in [-0.4, -0.2) is 35.8 Å². The van der Waals surface area contributed by atoms with Gasteiger partial charge in [-0.1, -0.05) is 55.8 Å². The van der Waals surface area contributed by atoms with E-state index in [0.717, 1.165) is 54.1 Å². The van der Waals surface area contributed by atoms with Crippen molar-refractivity contribution < 1.29 is 32.2 Å². The fourth-order valence-corrected chi connectivity index (χ4v) is 5.19. The summed E-state index contributed by atoms with van der Waals surface area (Å²) in [5.41, 5.74) is 6.34. The highest BCUT2D eigenvalue weighted by Crippen LogP contribution is 2.31. The third-order valence-electron chi connectivity index (χ3n) is 7.75. The molecule has 3 aromatic carbocycles. The van der Waals surface area contributed by atoms with Crippen LogP contribution in [0, 0.1) is 6.92 Å². The Bertz CT molecular complexity index is 1610. The highest BCUT2D eigenvalue weighted by molar-refractivity contribution is 5.99. The Kier molecular flexibility index (Phi) is 9.84. The van der Waals surface area contributed by atoms with Gasteiger partial charge in [0.2, 0.25) is 0 Å². The standard InChI is InChI=1S/C34H37F3N2O4/c1-6-7-10-23-11-8-13-25(17-23)21(2)38-32(40)26-15-16-28-29(22(3)39(4)30(28)20-26)19-24-12-9-14-27(18-24)43-31(33(41)42-5)34(35,36)37/h8-9,11-18,20-21,31H,6-7,10,19H2,1-5H3,(H,38,40)/t21-,31?/m0/s1. The van der Waals surface area contributed by atoms with Crippen LogP contribution in [-0.2, 0) is 29.4 Å². The van der Waals surface area contributed by atoms with Crippen molar-refractivity contribution in [3.05, 3.63) is 100 Å². The Balaban J connectivity index is 1.54. The molecule has 0 saturated carbocycles. The topological polar surface area (TPSA) is 69.6 Å². The predicted octanol–water partition coefficient (Wildman–Crippen LogP) is 7.39. The molecular formula is C34H37F3N2O4. The summed E-state index contributed by atoms with van der Waals surface area (Å²) in [5.74, 6) is -1.78. The highest BCUT2D eigenvalue weighted by atomic mass is 19.4. The van der Waals surface area contributed by atoms with Crippen LogP contribution in [0.2, 0.25) is 0 Å². The zero-order valence-electron chi connectivity index (χ0n) is 25.0. The van der Waals surface area contributed by atoms with Crippen molar-refractivity contribution in [3.63, 3.8) is 0 Å². The quantitative estimate of drug-likeness (QED) is 0.184. The lowest BCUT2D eigenvalue weighted by Gasteiger charge is -2.19. The molecule has 9 heteroatoms. The number of alkyl halides is 3. The number of carbonyl (C=O) groups excluding carboxylic acids is 2. The van der Waals surface area contributed by atoms with Gasteiger partial charge in [0.25, 0.3) is 12.0 Å². The van der Waals surface area contributed by atoms with E-state index in [2.05, 4.69) is 29.1 Å². The summed E-state index contributed by atoms with van der Waals surface area (Å²) < 4.78 is 51.4. The first kappa shape index (κ1) is 31.7. The van der Waals surface area contributed by atoms with Crippen molar-refractivity contribution >= 4 is 22.8 Å². The Labute approximate surface area is 249 Å². The normalized spacial score (nSPS) is 13.0. The third kappa shape index (κ3) is 7.39. The number of carbonyl (C=O) groups is 2. The van der Waals surface area contributed by atoms with Gasteiger partial charge in [-0.05, 0) is 79.6 Å². The van der Waals surface area contributed by atoms with E-state index in [9.17, 15) is 22.8 Å². The maximum absolute atomic E-state index is 13.4. The summed E-state index contributed by atoms with van der Waals surface area (Å²) in [7, 11) is 2.80. The molecule has 228 valence electrons. The number of rotatable bonds is 11. The summed E-state index contributed by atoms with van der Waals surface area (Å²) in [6, 6.07) is 19.9. The molecule has 1 amide bonds. The van der Waals surface area contributed by atoms with Gasteiger partial charge in [-0.2, -0.15) is 13.2 Å². The van der Waals surface area contributed by atoms with Gasteiger partial charge in [0, 0.05) is 29.2 Å². The van der Waals surface area contributed by atoms with E-state index in [-0.39, 0.29) is 17.7 Å². The van der Waals surface area contributed by atoms with E-state index >= 15 is 0 Å². The summed E-state index contributed by atoms with van der Waals surface area (Å²) in [4.78, 5) is 24.9. The third-order valence-corrected chi connectivity index (χ3v) is 7.75. The smallest absolute Gasteiger partial charge is 0.436 e. The second kappa shape index (κ2) is 13.4. The van der Waals surface area contributed by atoms with E-state index in [0.29, 0.717) is 17.5 Å². The number of hydrogen-bond acceptors (Lipinski definition) is 4. The molecule has 1 N–H and O–H groups in total. The molecule has 1 unspecified atom stereocenters. The number of aromatic nitrogens is 1. The molecule has 0 bridgehead atoms. The summed E-state index contributed by atoms with van der Waals surface area (Å²) >= 11 is 0. The van der Waals surface area contributed by atoms with Gasteiger partial charge in [-0.25, -0.2) is 4.79 Å². The van der Waals surface area contributed by atoms with Crippen molar-refractivity contribution in [2.75, 3.05) is 7.11 Å². The maximum atomic E-state index is 13.4. The minimum Gasteiger partial charge on any atom is -0.469 e. The second-order valence-corrected chi connectivity index (χ2v) is 10.8. The van der Waals surface area contributed by atoms with Crippen molar-refractivity contribution in [3.8, 4) is 5.75 Å². The van der Waals surface area contributed by atoms with Crippen LogP contribution in [0.25, 0.3) is 10.9 Å². The first-order valence-electron chi connectivity index (χ1n) is 14.3. The Morgan fingerprint density at radius 2 is 1.72 bits per heavy atom. The number of ether oxygens (including phenoxy) is 2. The lowest BCUT2D eigenvalue weighted by Crippen LogP contribution is -2.42. The van der Waals surface area contributed by atoms with E-state index in [1.54, 1.807) is 18.2 Å². The number of methoxy groups -OCH3 is 1. The summed E-state index contributed by atoms with van der Waals surface area (Å²) in [6.45, 7) is 6.10. The van der Waals surface area contributed by atoms with Crippen LogP contribution in [0.5, 0.6) is 5.75 Å². The molecule has 0 radical (unpaired) electrons. The number of aryl methyl sites for hydroxylation is 2. The number of nitrogens with zero attached hydrogens (tertiary/aromatic N) is 1. The molecule has 43 heavy (non-hydrogen) atoms. The van der Waals surface area contributed by atoms with Crippen molar-refractivity contribution in [2.24, 2.45) is 7.05 Å². The summed E-state index contributed by atoms with van der Waals surface area (Å²) in [6.07, 6.45) is -3.98. The second-order valence-electron chi connectivity index (χ2n) is 10.8. The molecule has 0 aliphatic heterocycles. The van der Waals surface area contributed by atoms with Gasteiger partial charge < -0.3 is 19.4 Å². The number of hydrogen-bond donors (Lipinski definition) is 1. The van der Waals surface area contributed by atoms with Gasteiger partial charge in [0.15, 0.2) is 0 Å². The Morgan fingerprint density at radius 3 is 2.42 bits per heavy atom. The minimum atomic E-state index is -4.92. The number of esters is 1. The number of benzene rings is 3. The molecule has 1 aromatic heterocycles. The van der Waals surface area contributed by atoms with Crippen LogP contribution in [0.1, 0.15) is 71.0 Å². The molecule has 1 heterocycles. The summed E-state index contributed by atoms with van der Waals surface area (Å²) in [5, 5.41) is 4.04. The molecule has 0 fully saturated rings. The lowest BCUT2D eigenvalue weighted by molar-refractivity contribution is -0.209. The number of nitrogens with one attached hydrogen (secondary N) is 1.